The lowest BCUT2D eigenvalue weighted by atomic mass is 9.96. The smallest absolute Gasteiger partial charge is 0.282 e. The lowest BCUT2D eigenvalue weighted by Gasteiger charge is -2.12. The van der Waals surface area contributed by atoms with Gasteiger partial charge in [-0.15, -0.1) is 0 Å². The summed E-state index contributed by atoms with van der Waals surface area (Å²) in [6, 6.07) is 13.9. The second kappa shape index (κ2) is 5.77. The number of sulfonamides is 1. The Hall–Kier alpha value is -2.40. The first-order valence-corrected chi connectivity index (χ1v) is 8.28. The first-order valence-electron chi connectivity index (χ1n) is 6.84. The maximum absolute atomic E-state index is 12.4. The van der Waals surface area contributed by atoms with Crippen LogP contribution in [0, 0.1) is 0 Å². The highest BCUT2D eigenvalue weighted by molar-refractivity contribution is 7.90. The summed E-state index contributed by atoms with van der Waals surface area (Å²) in [7, 11) is -2.21. The molecule has 22 heavy (non-hydrogen) atoms. The summed E-state index contributed by atoms with van der Waals surface area (Å²) in [6.45, 7) is 0. The van der Waals surface area contributed by atoms with E-state index in [9.17, 15) is 8.42 Å². The Labute approximate surface area is 129 Å². The number of hydrogen-bond acceptors (Lipinski definition) is 3. The van der Waals surface area contributed by atoms with E-state index in [-0.39, 0.29) is 4.90 Å². The molecule has 0 spiro atoms. The van der Waals surface area contributed by atoms with Crippen molar-refractivity contribution in [3.05, 3.63) is 71.8 Å². The van der Waals surface area contributed by atoms with Crippen LogP contribution in [0.25, 0.3) is 0 Å². The number of ether oxygens (including phenoxy) is 1. The van der Waals surface area contributed by atoms with Gasteiger partial charge in [0.05, 0.1) is 17.7 Å². The predicted molar refractivity (Wildman–Crippen MR) is 86.0 cm³/mol. The summed E-state index contributed by atoms with van der Waals surface area (Å²) in [6.07, 6.45) is 4.46. The fraction of sp³-hybridized carbons (Fsp3) is 0.118. The molecule has 0 heterocycles. The van der Waals surface area contributed by atoms with E-state index in [4.69, 9.17) is 4.74 Å². The molecule has 0 radical (unpaired) electrons. The molecule has 2 aromatic rings. The van der Waals surface area contributed by atoms with Crippen LogP contribution < -0.4 is 4.74 Å². The van der Waals surface area contributed by atoms with Crippen molar-refractivity contribution in [3.8, 4) is 5.75 Å². The van der Waals surface area contributed by atoms with E-state index in [0.717, 1.165) is 17.5 Å². The first kappa shape index (κ1) is 14.5. The average molecular weight is 313 g/mol. The Morgan fingerprint density at radius 3 is 2.50 bits per heavy atom. The molecular formula is C17H15NO3S. The monoisotopic (exact) mass is 313 g/mol. The third-order valence-corrected chi connectivity index (χ3v) is 4.79. The quantitative estimate of drug-likeness (QED) is 0.875. The first-order chi connectivity index (χ1) is 10.6. The molecule has 2 aromatic carbocycles. The van der Waals surface area contributed by atoms with Gasteiger partial charge in [-0.25, -0.2) is 0 Å². The van der Waals surface area contributed by atoms with Gasteiger partial charge in [0.2, 0.25) is 0 Å². The fourth-order valence-electron chi connectivity index (χ4n) is 2.34. The molecule has 0 fully saturated rings. The second-order valence-corrected chi connectivity index (χ2v) is 6.49. The van der Waals surface area contributed by atoms with Crippen LogP contribution in [-0.4, -0.2) is 21.2 Å². The molecule has 4 nitrogen and oxygen atoms in total. The van der Waals surface area contributed by atoms with E-state index in [1.807, 2.05) is 30.3 Å². The zero-order valence-electron chi connectivity index (χ0n) is 12.1. The van der Waals surface area contributed by atoms with Gasteiger partial charge in [0.25, 0.3) is 10.0 Å². The Morgan fingerprint density at radius 1 is 1.05 bits per heavy atom. The summed E-state index contributed by atoms with van der Waals surface area (Å²) >= 11 is 0. The minimum Gasteiger partial charge on any atom is -0.497 e. The summed E-state index contributed by atoms with van der Waals surface area (Å²) in [5, 5.41) is 0. The van der Waals surface area contributed by atoms with Gasteiger partial charge in [-0.1, -0.05) is 30.3 Å². The van der Waals surface area contributed by atoms with Crippen molar-refractivity contribution in [1.29, 1.82) is 0 Å². The summed E-state index contributed by atoms with van der Waals surface area (Å²) < 4.78 is 33.9. The van der Waals surface area contributed by atoms with Crippen LogP contribution in [0.15, 0.2) is 70.0 Å². The van der Waals surface area contributed by atoms with E-state index < -0.39 is 10.0 Å². The molecule has 0 aliphatic heterocycles. The largest absolute Gasteiger partial charge is 0.497 e. The van der Waals surface area contributed by atoms with Crippen molar-refractivity contribution in [2.75, 3.05) is 7.11 Å². The number of rotatable bonds is 3. The normalized spacial score (nSPS) is 15.6. The Balaban J connectivity index is 2.02. The second-order valence-electron chi connectivity index (χ2n) is 4.89. The molecule has 0 bridgehead atoms. The van der Waals surface area contributed by atoms with Crippen LogP contribution in [0.5, 0.6) is 5.75 Å². The minimum atomic E-state index is -3.75. The van der Waals surface area contributed by atoms with Crippen molar-refractivity contribution in [2.24, 2.45) is 4.40 Å². The summed E-state index contributed by atoms with van der Waals surface area (Å²) in [5.41, 5.74) is 2.41. The number of fused-ring (bicyclic) bond motifs is 1. The molecule has 3 rings (SSSR count). The molecule has 0 saturated carbocycles. The topological polar surface area (TPSA) is 55.7 Å². The van der Waals surface area contributed by atoms with E-state index in [1.54, 1.807) is 18.2 Å². The van der Waals surface area contributed by atoms with Gasteiger partial charge in [-0.2, -0.15) is 12.8 Å². The zero-order chi connectivity index (χ0) is 15.6. The van der Waals surface area contributed by atoms with Crippen LogP contribution >= 0.6 is 0 Å². The molecule has 5 heteroatoms. The molecule has 0 aromatic heterocycles. The SMILES string of the molecule is COc1ccc(S(=O)(=O)N=C2C=CCc3ccccc32)cc1. The highest BCUT2D eigenvalue weighted by atomic mass is 32.2. The molecule has 0 amide bonds. The van der Waals surface area contributed by atoms with E-state index in [0.29, 0.717) is 11.5 Å². The number of nitrogens with zero attached hydrogens (tertiary/aromatic N) is 1. The third-order valence-electron chi connectivity index (χ3n) is 3.48. The standard InChI is InChI=1S/C17H15NO3S/c1-21-14-9-11-15(12-10-14)22(19,20)18-17-8-4-6-13-5-2-3-7-16(13)17/h2-5,7-12H,6H2,1H3. The molecular weight excluding hydrogens is 298 g/mol. The predicted octanol–water partition coefficient (Wildman–Crippen LogP) is 2.99. The molecule has 0 N–H and O–H groups in total. The van der Waals surface area contributed by atoms with Crippen molar-refractivity contribution in [3.63, 3.8) is 0 Å². The third kappa shape index (κ3) is 2.80. The zero-order valence-corrected chi connectivity index (χ0v) is 12.9. The average Bonchev–Trinajstić information content (AvgIpc) is 2.55. The lowest BCUT2D eigenvalue weighted by molar-refractivity contribution is 0.414. The van der Waals surface area contributed by atoms with Crippen LogP contribution in [0.3, 0.4) is 0 Å². The van der Waals surface area contributed by atoms with Gasteiger partial charge in [0.1, 0.15) is 5.75 Å². The van der Waals surface area contributed by atoms with Gasteiger partial charge >= 0.3 is 0 Å². The van der Waals surface area contributed by atoms with Gasteiger partial charge < -0.3 is 4.74 Å². The maximum atomic E-state index is 12.4. The van der Waals surface area contributed by atoms with E-state index in [1.165, 1.54) is 19.2 Å². The van der Waals surface area contributed by atoms with Crippen molar-refractivity contribution >= 4 is 15.7 Å². The Morgan fingerprint density at radius 2 is 1.77 bits per heavy atom. The van der Waals surface area contributed by atoms with Crippen molar-refractivity contribution in [1.82, 2.24) is 0 Å². The van der Waals surface area contributed by atoms with Gasteiger partial charge in [0, 0.05) is 5.56 Å². The summed E-state index contributed by atoms with van der Waals surface area (Å²) in [4.78, 5) is 0.150. The van der Waals surface area contributed by atoms with E-state index >= 15 is 0 Å². The van der Waals surface area contributed by atoms with Crippen molar-refractivity contribution < 1.29 is 13.2 Å². The van der Waals surface area contributed by atoms with Gasteiger partial charge in [-0.3, -0.25) is 0 Å². The Bertz CT molecular complexity index is 850. The fourth-order valence-corrected chi connectivity index (χ4v) is 3.35. The van der Waals surface area contributed by atoms with Crippen LogP contribution in [0.1, 0.15) is 11.1 Å². The minimum absolute atomic E-state index is 0.150. The molecule has 112 valence electrons. The highest BCUT2D eigenvalue weighted by Crippen LogP contribution is 2.21. The maximum Gasteiger partial charge on any atom is 0.282 e. The summed E-state index contributed by atoms with van der Waals surface area (Å²) in [5.74, 6) is 0.606. The van der Waals surface area contributed by atoms with E-state index in [2.05, 4.69) is 4.40 Å². The number of hydrogen-bond donors (Lipinski definition) is 0. The van der Waals surface area contributed by atoms with Gasteiger partial charge in [0.15, 0.2) is 0 Å². The number of benzene rings is 2. The number of allylic oxidation sites excluding steroid dienone is 2. The lowest BCUT2D eigenvalue weighted by Crippen LogP contribution is -2.10. The van der Waals surface area contributed by atoms with Crippen molar-refractivity contribution in [2.45, 2.75) is 11.3 Å². The Kier molecular flexibility index (Phi) is 3.81. The molecule has 0 unspecified atom stereocenters. The molecule has 1 aliphatic carbocycles. The number of methoxy groups -OCH3 is 1. The van der Waals surface area contributed by atoms with Crippen LogP contribution in [0.4, 0.5) is 0 Å². The van der Waals surface area contributed by atoms with Crippen LogP contribution in [0.2, 0.25) is 0 Å². The molecule has 1 aliphatic rings. The van der Waals surface area contributed by atoms with Crippen LogP contribution in [-0.2, 0) is 16.4 Å². The molecule has 0 saturated heterocycles. The molecule has 0 atom stereocenters. The highest BCUT2D eigenvalue weighted by Gasteiger charge is 2.17. The van der Waals surface area contributed by atoms with Gasteiger partial charge in [-0.05, 0) is 42.3 Å².